The molecule has 0 saturated carbocycles. The molecule has 0 bridgehead atoms. The molecule has 2 unspecified atom stereocenters. The molecule has 1 aromatic heterocycles. The number of Topliss-reactive ketones (excluding diaryl/α,β-unsaturated/α-hetero) is 1. The first kappa shape index (κ1) is 19.4. The molecule has 1 aromatic carbocycles. The Labute approximate surface area is 149 Å². The van der Waals surface area contributed by atoms with Gasteiger partial charge in [-0.2, -0.15) is 0 Å². The minimum atomic E-state index is -0.696. The van der Waals surface area contributed by atoms with Crippen LogP contribution in [0.4, 0.5) is 0 Å². The van der Waals surface area contributed by atoms with E-state index in [1.54, 1.807) is 24.5 Å². The Morgan fingerprint density at radius 1 is 1.20 bits per heavy atom. The van der Waals surface area contributed by atoms with E-state index in [1.807, 2.05) is 45.0 Å². The van der Waals surface area contributed by atoms with Crippen molar-refractivity contribution in [3.05, 3.63) is 60.1 Å². The van der Waals surface area contributed by atoms with Crippen molar-refractivity contribution >= 4 is 5.78 Å². The van der Waals surface area contributed by atoms with Crippen LogP contribution in [0.15, 0.2) is 53.1 Å². The maximum atomic E-state index is 12.7. The summed E-state index contributed by atoms with van der Waals surface area (Å²) in [4.78, 5) is 12.7. The number of hydrogen-bond acceptors (Lipinski definition) is 5. The lowest BCUT2D eigenvalue weighted by atomic mass is 10.0. The Bertz CT molecular complexity index is 631. The highest BCUT2D eigenvalue weighted by atomic mass is 16.5. The van der Waals surface area contributed by atoms with Crippen molar-refractivity contribution < 1.29 is 19.1 Å². The molecular weight excluding hydrogens is 318 g/mol. The van der Waals surface area contributed by atoms with Crippen molar-refractivity contribution in [1.29, 1.82) is 0 Å². The fraction of sp³-hybridized carbons (Fsp3) is 0.450. The number of hydrogen-bond donors (Lipinski definition) is 2. The van der Waals surface area contributed by atoms with Gasteiger partial charge in [0.25, 0.3) is 0 Å². The lowest BCUT2D eigenvalue weighted by Crippen LogP contribution is -2.43. The van der Waals surface area contributed by atoms with Gasteiger partial charge < -0.3 is 19.6 Å². The molecule has 2 atom stereocenters. The van der Waals surface area contributed by atoms with Crippen molar-refractivity contribution in [2.24, 2.45) is 0 Å². The van der Waals surface area contributed by atoms with Crippen LogP contribution in [-0.2, 0) is 11.2 Å². The zero-order valence-electron chi connectivity index (χ0n) is 15.1. The van der Waals surface area contributed by atoms with Crippen LogP contribution in [-0.4, -0.2) is 41.8 Å². The number of furan rings is 1. The number of rotatable bonds is 9. The van der Waals surface area contributed by atoms with Crippen LogP contribution in [0.25, 0.3) is 0 Å². The van der Waals surface area contributed by atoms with Crippen molar-refractivity contribution in [2.75, 3.05) is 13.2 Å². The Hall–Kier alpha value is -1.95. The number of benzene rings is 1. The average Bonchev–Trinajstić information content (AvgIpc) is 3.09. The van der Waals surface area contributed by atoms with Crippen LogP contribution >= 0.6 is 0 Å². The molecule has 136 valence electrons. The van der Waals surface area contributed by atoms with Crippen molar-refractivity contribution in [3.8, 4) is 0 Å². The van der Waals surface area contributed by atoms with E-state index in [0.717, 1.165) is 0 Å². The summed E-state index contributed by atoms with van der Waals surface area (Å²) in [5.41, 5.74) is 0.496. The second-order valence-electron chi connectivity index (χ2n) is 7.12. The zero-order chi connectivity index (χ0) is 18.3. The number of ketones is 1. The molecule has 0 fully saturated rings. The number of aliphatic hydroxyl groups excluding tert-OH is 1. The highest BCUT2D eigenvalue weighted by molar-refractivity contribution is 5.99. The molecule has 5 nitrogen and oxygen atoms in total. The third kappa shape index (κ3) is 6.82. The van der Waals surface area contributed by atoms with Crippen LogP contribution in [0.5, 0.6) is 0 Å². The summed E-state index contributed by atoms with van der Waals surface area (Å²) < 4.78 is 11.1. The molecule has 0 aliphatic heterocycles. The van der Waals surface area contributed by atoms with Gasteiger partial charge in [0.2, 0.25) is 0 Å². The summed E-state index contributed by atoms with van der Waals surface area (Å²) >= 11 is 0. The largest absolute Gasteiger partial charge is 0.469 e. The van der Waals surface area contributed by atoms with E-state index in [0.29, 0.717) is 24.3 Å². The highest BCUT2D eigenvalue weighted by Crippen LogP contribution is 2.13. The topological polar surface area (TPSA) is 71.7 Å². The monoisotopic (exact) mass is 345 g/mol. The predicted octanol–water partition coefficient (Wildman–Crippen LogP) is 2.84. The van der Waals surface area contributed by atoms with Gasteiger partial charge in [-0.05, 0) is 32.9 Å². The number of aliphatic hydroxyl groups is 1. The first-order valence-electron chi connectivity index (χ1n) is 8.51. The standard InChI is InChI=1S/C20H27NO4/c1-20(2,3)21-13-16(22)14-25-18(12-17-10-7-11-24-17)19(23)15-8-5-4-6-9-15/h4-11,16,18,21-22H,12-14H2,1-3H3. The van der Waals surface area contributed by atoms with Gasteiger partial charge in [-0.1, -0.05) is 30.3 Å². The van der Waals surface area contributed by atoms with Crippen LogP contribution in [0.3, 0.4) is 0 Å². The minimum Gasteiger partial charge on any atom is -0.469 e. The summed E-state index contributed by atoms with van der Waals surface area (Å²) in [5.74, 6) is 0.560. The quantitative estimate of drug-likeness (QED) is 0.684. The normalized spacial score (nSPS) is 14.2. The fourth-order valence-corrected chi connectivity index (χ4v) is 2.34. The third-order valence-corrected chi connectivity index (χ3v) is 3.68. The van der Waals surface area contributed by atoms with Crippen LogP contribution in [0.2, 0.25) is 0 Å². The third-order valence-electron chi connectivity index (χ3n) is 3.68. The molecule has 2 N–H and O–H groups in total. The first-order chi connectivity index (χ1) is 11.8. The second-order valence-corrected chi connectivity index (χ2v) is 7.12. The van der Waals surface area contributed by atoms with E-state index in [-0.39, 0.29) is 17.9 Å². The van der Waals surface area contributed by atoms with E-state index >= 15 is 0 Å². The van der Waals surface area contributed by atoms with Gasteiger partial charge in [-0.25, -0.2) is 0 Å². The Balaban J connectivity index is 1.98. The van der Waals surface area contributed by atoms with Gasteiger partial charge in [-0.3, -0.25) is 4.79 Å². The molecule has 2 rings (SSSR count). The number of β-amino-alcohol motifs (C(OH)–C–C–N with tert-alkyl or cyclic N) is 1. The van der Waals surface area contributed by atoms with Gasteiger partial charge in [0.1, 0.15) is 11.9 Å². The predicted molar refractivity (Wildman–Crippen MR) is 96.7 cm³/mol. The first-order valence-corrected chi connectivity index (χ1v) is 8.51. The van der Waals surface area contributed by atoms with Gasteiger partial charge in [-0.15, -0.1) is 0 Å². The maximum Gasteiger partial charge on any atom is 0.192 e. The highest BCUT2D eigenvalue weighted by Gasteiger charge is 2.24. The number of ether oxygens (including phenoxy) is 1. The van der Waals surface area contributed by atoms with Crippen LogP contribution in [0, 0.1) is 0 Å². The van der Waals surface area contributed by atoms with Crippen LogP contribution < -0.4 is 5.32 Å². The molecular formula is C20H27NO4. The summed E-state index contributed by atoms with van der Waals surface area (Å²) in [5, 5.41) is 13.3. The smallest absolute Gasteiger partial charge is 0.192 e. The Morgan fingerprint density at radius 3 is 2.52 bits per heavy atom. The van der Waals surface area contributed by atoms with Gasteiger partial charge in [0, 0.05) is 24.1 Å². The molecule has 5 heteroatoms. The van der Waals surface area contributed by atoms with E-state index in [1.165, 1.54) is 0 Å². The minimum absolute atomic E-state index is 0.0764. The summed E-state index contributed by atoms with van der Waals surface area (Å²) in [7, 11) is 0. The fourth-order valence-electron chi connectivity index (χ4n) is 2.34. The van der Waals surface area contributed by atoms with E-state index in [2.05, 4.69) is 5.32 Å². The molecule has 0 aliphatic carbocycles. The van der Waals surface area contributed by atoms with Crippen molar-refractivity contribution in [1.82, 2.24) is 5.32 Å². The molecule has 0 radical (unpaired) electrons. The van der Waals surface area contributed by atoms with E-state index in [4.69, 9.17) is 9.15 Å². The van der Waals surface area contributed by atoms with Gasteiger partial charge in [0.05, 0.1) is 19.0 Å². The zero-order valence-corrected chi connectivity index (χ0v) is 15.1. The van der Waals surface area contributed by atoms with Gasteiger partial charge in [0.15, 0.2) is 5.78 Å². The lowest BCUT2D eigenvalue weighted by Gasteiger charge is -2.24. The Morgan fingerprint density at radius 2 is 1.92 bits per heavy atom. The van der Waals surface area contributed by atoms with E-state index < -0.39 is 12.2 Å². The summed E-state index contributed by atoms with van der Waals surface area (Å²) in [6, 6.07) is 12.6. The summed E-state index contributed by atoms with van der Waals surface area (Å²) in [6.07, 6.45) is 0.515. The SMILES string of the molecule is CC(C)(C)NCC(O)COC(Cc1ccco1)C(=O)c1ccccc1. The van der Waals surface area contributed by atoms with Gasteiger partial charge >= 0.3 is 0 Å². The number of carbonyl (C=O) groups is 1. The second kappa shape index (κ2) is 8.94. The molecule has 0 amide bonds. The average molecular weight is 345 g/mol. The Kier molecular flexibility index (Phi) is 6.93. The molecule has 0 aliphatic rings. The molecule has 0 saturated heterocycles. The number of nitrogens with one attached hydrogen (secondary N) is 1. The molecule has 1 heterocycles. The molecule has 0 spiro atoms. The lowest BCUT2D eigenvalue weighted by molar-refractivity contribution is -0.00468. The number of carbonyl (C=O) groups excluding carboxylic acids is 1. The maximum absolute atomic E-state index is 12.7. The summed E-state index contributed by atoms with van der Waals surface area (Å²) in [6.45, 7) is 6.56. The van der Waals surface area contributed by atoms with Crippen molar-refractivity contribution in [3.63, 3.8) is 0 Å². The molecule has 25 heavy (non-hydrogen) atoms. The van der Waals surface area contributed by atoms with Crippen LogP contribution in [0.1, 0.15) is 36.9 Å². The van der Waals surface area contributed by atoms with Crippen molar-refractivity contribution in [2.45, 2.75) is 44.9 Å². The van der Waals surface area contributed by atoms with E-state index in [9.17, 15) is 9.90 Å². The molecule has 2 aromatic rings.